The van der Waals surface area contributed by atoms with E-state index in [9.17, 15) is 4.79 Å². The van der Waals surface area contributed by atoms with Crippen molar-refractivity contribution in [3.05, 3.63) is 64.2 Å². The number of nitrogens with one attached hydrogen (secondary N) is 1. The van der Waals surface area contributed by atoms with Crippen LogP contribution in [-0.2, 0) is 10.2 Å². The van der Waals surface area contributed by atoms with E-state index in [0.29, 0.717) is 5.75 Å². The summed E-state index contributed by atoms with van der Waals surface area (Å²) in [5.41, 5.74) is 6.18. The van der Waals surface area contributed by atoms with Gasteiger partial charge >= 0.3 is 0 Å². The molecule has 0 aliphatic carbocycles. The average Bonchev–Trinajstić information content (AvgIpc) is 2.57. The summed E-state index contributed by atoms with van der Waals surface area (Å²) in [5, 5.41) is 3.08. The van der Waals surface area contributed by atoms with Gasteiger partial charge in [0, 0.05) is 0 Å². The van der Waals surface area contributed by atoms with Gasteiger partial charge in [-0.1, -0.05) is 45.0 Å². The first kappa shape index (κ1) is 21.0. The fourth-order valence-corrected chi connectivity index (χ4v) is 3.15. The molecule has 0 aliphatic heterocycles. The summed E-state index contributed by atoms with van der Waals surface area (Å²) in [6.07, 6.45) is -0.556. The monoisotopic (exact) mass is 367 g/mol. The molecule has 146 valence electrons. The zero-order chi connectivity index (χ0) is 20.4. The lowest BCUT2D eigenvalue weighted by molar-refractivity contribution is -0.127. The first-order valence-electron chi connectivity index (χ1n) is 9.64. The van der Waals surface area contributed by atoms with Crippen molar-refractivity contribution in [1.29, 1.82) is 0 Å². The highest BCUT2D eigenvalue weighted by atomic mass is 16.5. The molecule has 2 rings (SSSR count). The topological polar surface area (TPSA) is 38.3 Å². The van der Waals surface area contributed by atoms with Crippen LogP contribution >= 0.6 is 0 Å². The van der Waals surface area contributed by atoms with E-state index in [4.69, 9.17) is 4.74 Å². The van der Waals surface area contributed by atoms with Crippen LogP contribution in [0, 0.1) is 20.8 Å². The lowest BCUT2D eigenvalue weighted by Gasteiger charge is -2.22. The highest BCUT2D eigenvalue weighted by Crippen LogP contribution is 2.25. The third kappa shape index (κ3) is 5.35. The van der Waals surface area contributed by atoms with E-state index in [1.165, 1.54) is 22.3 Å². The normalized spacial score (nSPS) is 13.8. The largest absolute Gasteiger partial charge is 0.481 e. The molecule has 0 spiro atoms. The molecule has 0 aromatic heterocycles. The van der Waals surface area contributed by atoms with Gasteiger partial charge in [0.15, 0.2) is 6.10 Å². The number of hydrogen-bond donors (Lipinski definition) is 1. The smallest absolute Gasteiger partial charge is 0.261 e. The van der Waals surface area contributed by atoms with Gasteiger partial charge in [-0.2, -0.15) is 0 Å². The molecule has 2 atom stereocenters. The molecule has 0 fully saturated rings. The Morgan fingerprint density at radius 2 is 1.48 bits per heavy atom. The standard InChI is InChI=1S/C24H33NO2/c1-15-13-17(3)22(14-16(15)2)18(4)25-23(26)19(5)27-21-11-9-20(10-12-21)24(6,7)8/h9-14,18-19H,1-8H3,(H,25,26)/t18-,19-/m0/s1. The van der Waals surface area contributed by atoms with Crippen LogP contribution in [0.1, 0.15) is 68.5 Å². The van der Waals surface area contributed by atoms with E-state index in [2.05, 4.69) is 71.1 Å². The molecular formula is C24H33NO2. The van der Waals surface area contributed by atoms with Crippen molar-refractivity contribution in [1.82, 2.24) is 5.32 Å². The van der Waals surface area contributed by atoms with Crippen LogP contribution in [0.15, 0.2) is 36.4 Å². The minimum absolute atomic E-state index is 0.0638. The molecule has 2 aromatic rings. The fraction of sp³-hybridized carbons (Fsp3) is 0.458. The Hall–Kier alpha value is -2.29. The maximum Gasteiger partial charge on any atom is 0.261 e. The Morgan fingerprint density at radius 1 is 0.926 bits per heavy atom. The summed E-state index contributed by atoms with van der Waals surface area (Å²) in [6.45, 7) is 16.6. The van der Waals surface area contributed by atoms with Gasteiger partial charge in [0.2, 0.25) is 0 Å². The Morgan fingerprint density at radius 3 is 2.04 bits per heavy atom. The molecule has 1 N–H and O–H groups in total. The van der Waals surface area contributed by atoms with E-state index in [-0.39, 0.29) is 17.4 Å². The number of amides is 1. The van der Waals surface area contributed by atoms with E-state index in [0.717, 1.165) is 5.56 Å². The molecule has 0 bridgehead atoms. The molecule has 0 saturated heterocycles. The summed E-state index contributed by atoms with van der Waals surface area (Å²) in [7, 11) is 0. The zero-order valence-electron chi connectivity index (χ0n) is 17.9. The molecule has 2 aromatic carbocycles. The van der Waals surface area contributed by atoms with Gasteiger partial charge in [0.05, 0.1) is 6.04 Å². The fourth-order valence-electron chi connectivity index (χ4n) is 3.15. The highest BCUT2D eigenvalue weighted by Gasteiger charge is 2.20. The van der Waals surface area contributed by atoms with Crippen molar-refractivity contribution in [2.24, 2.45) is 0 Å². The first-order chi connectivity index (χ1) is 12.5. The molecule has 0 saturated carbocycles. The summed E-state index contributed by atoms with van der Waals surface area (Å²) >= 11 is 0. The molecule has 0 unspecified atom stereocenters. The molecule has 3 nitrogen and oxygen atoms in total. The van der Waals surface area contributed by atoms with Crippen molar-refractivity contribution < 1.29 is 9.53 Å². The first-order valence-corrected chi connectivity index (χ1v) is 9.64. The average molecular weight is 368 g/mol. The second-order valence-corrected chi connectivity index (χ2v) is 8.56. The second-order valence-electron chi connectivity index (χ2n) is 8.56. The Kier molecular flexibility index (Phi) is 6.35. The van der Waals surface area contributed by atoms with Gasteiger partial charge in [-0.15, -0.1) is 0 Å². The Bertz CT molecular complexity index is 800. The van der Waals surface area contributed by atoms with Crippen LogP contribution in [0.5, 0.6) is 5.75 Å². The summed E-state index contributed by atoms with van der Waals surface area (Å²) < 4.78 is 5.84. The number of rotatable bonds is 5. The molecule has 0 radical (unpaired) electrons. The highest BCUT2D eigenvalue weighted by molar-refractivity contribution is 5.81. The molecular weight excluding hydrogens is 334 g/mol. The molecule has 0 aliphatic rings. The zero-order valence-corrected chi connectivity index (χ0v) is 17.9. The third-order valence-electron chi connectivity index (χ3n) is 5.11. The number of benzene rings is 2. The van der Waals surface area contributed by atoms with Crippen molar-refractivity contribution in [3.8, 4) is 5.75 Å². The van der Waals surface area contributed by atoms with E-state index >= 15 is 0 Å². The van der Waals surface area contributed by atoms with Crippen LogP contribution in [0.4, 0.5) is 0 Å². The van der Waals surface area contributed by atoms with Gasteiger partial charge in [-0.25, -0.2) is 0 Å². The lowest BCUT2D eigenvalue weighted by Crippen LogP contribution is -2.38. The van der Waals surface area contributed by atoms with Crippen LogP contribution in [0.3, 0.4) is 0 Å². The number of aryl methyl sites for hydroxylation is 3. The number of carbonyl (C=O) groups is 1. The predicted octanol–water partition coefficient (Wildman–Crippen LogP) is 5.55. The summed E-state index contributed by atoms with van der Waals surface area (Å²) in [5.74, 6) is 0.598. The lowest BCUT2D eigenvalue weighted by atomic mass is 9.87. The number of ether oxygens (including phenoxy) is 1. The van der Waals surface area contributed by atoms with Crippen LogP contribution in [-0.4, -0.2) is 12.0 Å². The molecule has 27 heavy (non-hydrogen) atoms. The summed E-state index contributed by atoms with van der Waals surface area (Å²) in [6, 6.07) is 12.2. The summed E-state index contributed by atoms with van der Waals surface area (Å²) in [4.78, 5) is 12.6. The molecule has 3 heteroatoms. The van der Waals surface area contributed by atoms with Crippen molar-refractivity contribution in [2.45, 2.75) is 73.0 Å². The Balaban J connectivity index is 2.02. The minimum Gasteiger partial charge on any atom is -0.481 e. The van der Waals surface area contributed by atoms with Crippen LogP contribution in [0.2, 0.25) is 0 Å². The van der Waals surface area contributed by atoms with Gasteiger partial charge in [-0.05, 0) is 80.0 Å². The van der Waals surface area contributed by atoms with Crippen LogP contribution in [0.25, 0.3) is 0 Å². The number of carbonyl (C=O) groups excluding carboxylic acids is 1. The maximum atomic E-state index is 12.6. The quantitative estimate of drug-likeness (QED) is 0.752. The minimum atomic E-state index is -0.556. The van der Waals surface area contributed by atoms with E-state index in [1.54, 1.807) is 6.92 Å². The Labute approximate surface area is 164 Å². The second kappa shape index (κ2) is 8.16. The number of hydrogen-bond acceptors (Lipinski definition) is 2. The van der Waals surface area contributed by atoms with Crippen molar-refractivity contribution in [2.75, 3.05) is 0 Å². The van der Waals surface area contributed by atoms with E-state index in [1.807, 2.05) is 19.1 Å². The van der Waals surface area contributed by atoms with Gasteiger partial charge in [0.25, 0.3) is 5.91 Å². The van der Waals surface area contributed by atoms with Crippen molar-refractivity contribution in [3.63, 3.8) is 0 Å². The predicted molar refractivity (Wildman–Crippen MR) is 112 cm³/mol. The molecule has 1 amide bonds. The van der Waals surface area contributed by atoms with Crippen molar-refractivity contribution >= 4 is 5.91 Å². The SMILES string of the molecule is Cc1cc(C)c([C@H](C)NC(=O)[C@H](C)Oc2ccc(C(C)(C)C)cc2)cc1C. The van der Waals surface area contributed by atoms with Gasteiger partial charge in [0.1, 0.15) is 5.75 Å². The van der Waals surface area contributed by atoms with E-state index < -0.39 is 6.10 Å². The van der Waals surface area contributed by atoms with Gasteiger partial charge in [-0.3, -0.25) is 4.79 Å². The molecule has 0 heterocycles. The van der Waals surface area contributed by atoms with Gasteiger partial charge < -0.3 is 10.1 Å². The van der Waals surface area contributed by atoms with Crippen LogP contribution < -0.4 is 10.1 Å². The third-order valence-corrected chi connectivity index (χ3v) is 5.11. The maximum absolute atomic E-state index is 12.6.